The number of fused-ring (bicyclic) bond motifs is 1. The lowest BCUT2D eigenvalue weighted by atomic mass is 9.97. The van der Waals surface area contributed by atoms with Gasteiger partial charge in [0.15, 0.2) is 0 Å². The Morgan fingerprint density at radius 3 is 2.67 bits per heavy atom. The monoisotopic (exact) mass is 245 g/mol. The fraction of sp³-hybridized carbons (Fsp3) is 0.0714. The van der Waals surface area contributed by atoms with Crippen molar-refractivity contribution in [2.24, 2.45) is 0 Å². The molecule has 0 radical (unpaired) electrons. The predicted octanol–water partition coefficient (Wildman–Crippen LogP) is 3.13. The normalized spacial score (nSPS) is 13.3. The van der Waals surface area contributed by atoms with Crippen molar-refractivity contribution in [3.05, 3.63) is 53.6 Å². The molecule has 0 bridgehead atoms. The van der Waals surface area contributed by atoms with E-state index >= 15 is 0 Å². The van der Waals surface area contributed by atoms with E-state index in [0.717, 1.165) is 11.6 Å². The third-order valence-electron chi connectivity index (χ3n) is 3.01. The SMILES string of the molecule is O=C1Cc2c(cccc2-c2ccc(F)cc2F)N1. The van der Waals surface area contributed by atoms with E-state index in [9.17, 15) is 13.6 Å². The van der Waals surface area contributed by atoms with Gasteiger partial charge in [-0.2, -0.15) is 0 Å². The summed E-state index contributed by atoms with van der Waals surface area (Å²) in [5.41, 5.74) is 2.39. The Bertz CT molecular complexity index is 652. The average molecular weight is 245 g/mol. The number of halogens is 2. The summed E-state index contributed by atoms with van der Waals surface area (Å²) in [5, 5.41) is 2.70. The van der Waals surface area contributed by atoms with Gasteiger partial charge in [0.1, 0.15) is 11.6 Å². The molecule has 0 spiro atoms. The Balaban J connectivity index is 2.19. The van der Waals surface area contributed by atoms with Gasteiger partial charge in [-0.25, -0.2) is 8.78 Å². The van der Waals surface area contributed by atoms with Gasteiger partial charge in [0.25, 0.3) is 0 Å². The first kappa shape index (κ1) is 10.9. The molecule has 0 fully saturated rings. The Kier molecular flexibility index (Phi) is 2.37. The fourth-order valence-corrected chi connectivity index (χ4v) is 2.21. The molecule has 3 rings (SSSR count). The van der Waals surface area contributed by atoms with Crippen LogP contribution in [-0.2, 0) is 11.2 Å². The molecule has 1 aliphatic rings. The second kappa shape index (κ2) is 3.91. The zero-order valence-electron chi connectivity index (χ0n) is 9.34. The summed E-state index contributed by atoms with van der Waals surface area (Å²) in [6.45, 7) is 0. The third kappa shape index (κ3) is 1.66. The van der Waals surface area contributed by atoms with Crippen LogP contribution < -0.4 is 5.32 Å². The van der Waals surface area contributed by atoms with Gasteiger partial charge in [-0.05, 0) is 29.3 Å². The summed E-state index contributed by atoms with van der Waals surface area (Å²) >= 11 is 0. The summed E-state index contributed by atoms with van der Waals surface area (Å²) in [4.78, 5) is 11.4. The largest absolute Gasteiger partial charge is 0.326 e. The molecular formula is C14H9F2NO. The number of hydrogen-bond acceptors (Lipinski definition) is 1. The topological polar surface area (TPSA) is 29.1 Å². The summed E-state index contributed by atoms with van der Waals surface area (Å²) in [6, 6.07) is 8.69. The molecule has 18 heavy (non-hydrogen) atoms. The minimum Gasteiger partial charge on any atom is -0.326 e. The molecule has 1 N–H and O–H groups in total. The van der Waals surface area contributed by atoms with E-state index < -0.39 is 11.6 Å². The van der Waals surface area contributed by atoms with E-state index in [0.29, 0.717) is 16.8 Å². The smallest absolute Gasteiger partial charge is 0.228 e. The molecular weight excluding hydrogens is 236 g/mol. The quantitative estimate of drug-likeness (QED) is 0.821. The molecule has 0 saturated heterocycles. The van der Waals surface area contributed by atoms with Crippen LogP contribution in [0.5, 0.6) is 0 Å². The van der Waals surface area contributed by atoms with E-state index in [2.05, 4.69) is 5.32 Å². The highest BCUT2D eigenvalue weighted by Gasteiger charge is 2.22. The van der Waals surface area contributed by atoms with Crippen molar-refractivity contribution in [1.82, 2.24) is 0 Å². The lowest BCUT2D eigenvalue weighted by Gasteiger charge is -2.08. The fourth-order valence-electron chi connectivity index (χ4n) is 2.21. The standard InChI is InChI=1S/C14H9F2NO/c15-8-4-5-10(12(16)6-8)9-2-1-3-13-11(9)7-14(18)17-13/h1-6H,7H2,(H,17,18). The lowest BCUT2D eigenvalue weighted by Crippen LogP contribution is -2.03. The number of nitrogens with one attached hydrogen (secondary N) is 1. The van der Waals surface area contributed by atoms with Crippen molar-refractivity contribution in [3.8, 4) is 11.1 Å². The number of hydrogen-bond donors (Lipinski definition) is 1. The van der Waals surface area contributed by atoms with Crippen LogP contribution in [0.3, 0.4) is 0 Å². The van der Waals surface area contributed by atoms with Crippen LogP contribution in [0.25, 0.3) is 11.1 Å². The van der Waals surface area contributed by atoms with Crippen LogP contribution in [0.4, 0.5) is 14.5 Å². The second-order valence-corrected chi connectivity index (χ2v) is 4.18. The number of carbonyl (C=O) groups excluding carboxylic acids is 1. The first-order valence-electron chi connectivity index (χ1n) is 5.52. The highest BCUT2D eigenvalue weighted by atomic mass is 19.1. The van der Waals surface area contributed by atoms with E-state index in [1.54, 1.807) is 18.2 Å². The first-order valence-corrected chi connectivity index (χ1v) is 5.52. The number of amides is 1. The minimum atomic E-state index is -0.622. The van der Waals surface area contributed by atoms with Crippen molar-refractivity contribution in [1.29, 1.82) is 0 Å². The number of rotatable bonds is 1. The molecule has 1 heterocycles. The van der Waals surface area contributed by atoms with Gasteiger partial charge in [0.05, 0.1) is 6.42 Å². The van der Waals surface area contributed by atoms with Gasteiger partial charge in [0.2, 0.25) is 5.91 Å². The van der Waals surface area contributed by atoms with Crippen molar-refractivity contribution in [2.75, 3.05) is 5.32 Å². The molecule has 1 amide bonds. The maximum atomic E-state index is 13.8. The highest BCUT2D eigenvalue weighted by Crippen LogP contribution is 2.34. The molecule has 1 aliphatic heterocycles. The van der Waals surface area contributed by atoms with Gasteiger partial charge in [-0.1, -0.05) is 12.1 Å². The van der Waals surface area contributed by atoms with Crippen molar-refractivity contribution >= 4 is 11.6 Å². The van der Waals surface area contributed by atoms with Crippen molar-refractivity contribution in [2.45, 2.75) is 6.42 Å². The Hall–Kier alpha value is -2.23. The Morgan fingerprint density at radius 2 is 1.89 bits per heavy atom. The Labute approximate surface area is 102 Å². The molecule has 0 unspecified atom stereocenters. The molecule has 2 aromatic carbocycles. The molecule has 0 atom stereocenters. The molecule has 4 heteroatoms. The lowest BCUT2D eigenvalue weighted by molar-refractivity contribution is -0.115. The van der Waals surface area contributed by atoms with Crippen LogP contribution >= 0.6 is 0 Å². The maximum absolute atomic E-state index is 13.8. The third-order valence-corrected chi connectivity index (χ3v) is 3.01. The number of anilines is 1. The zero-order valence-corrected chi connectivity index (χ0v) is 9.34. The number of benzene rings is 2. The van der Waals surface area contributed by atoms with Crippen LogP contribution in [-0.4, -0.2) is 5.91 Å². The molecule has 2 aromatic rings. The van der Waals surface area contributed by atoms with E-state index in [-0.39, 0.29) is 12.3 Å². The summed E-state index contributed by atoms with van der Waals surface area (Å²) in [5.74, 6) is -1.35. The van der Waals surface area contributed by atoms with Gasteiger partial charge in [0, 0.05) is 17.3 Å². The predicted molar refractivity (Wildman–Crippen MR) is 64.1 cm³/mol. The summed E-state index contributed by atoms with van der Waals surface area (Å²) in [7, 11) is 0. The summed E-state index contributed by atoms with van der Waals surface area (Å²) < 4.78 is 26.6. The summed E-state index contributed by atoms with van der Waals surface area (Å²) in [6.07, 6.45) is 0.225. The molecule has 2 nitrogen and oxygen atoms in total. The zero-order chi connectivity index (χ0) is 12.7. The van der Waals surface area contributed by atoms with Crippen molar-refractivity contribution < 1.29 is 13.6 Å². The van der Waals surface area contributed by atoms with Gasteiger partial charge >= 0.3 is 0 Å². The molecule has 0 saturated carbocycles. The van der Waals surface area contributed by atoms with E-state index in [1.807, 2.05) is 0 Å². The highest BCUT2D eigenvalue weighted by molar-refractivity contribution is 6.01. The number of carbonyl (C=O) groups is 1. The van der Waals surface area contributed by atoms with Gasteiger partial charge in [-0.3, -0.25) is 4.79 Å². The van der Waals surface area contributed by atoms with Gasteiger partial charge < -0.3 is 5.32 Å². The first-order chi connectivity index (χ1) is 8.65. The van der Waals surface area contributed by atoms with Crippen LogP contribution in [0.1, 0.15) is 5.56 Å². The maximum Gasteiger partial charge on any atom is 0.228 e. The average Bonchev–Trinajstić information content (AvgIpc) is 2.69. The van der Waals surface area contributed by atoms with E-state index in [1.165, 1.54) is 12.1 Å². The second-order valence-electron chi connectivity index (χ2n) is 4.18. The Morgan fingerprint density at radius 1 is 1.06 bits per heavy atom. The molecule has 90 valence electrons. The van der Waals surface area contributed by atoms with Gasteiger partial charge in [-0.15, -0.1) is 0 Å². The van der Waals surface area contributed by atoms with Crippen LogP contribution in [0.15, 0.2) is 36.4 Å². The van der Waals surface area contributed by atoms with Crippen LogP contribution in [0.2, 0.25) is 0 Å². The molecule has 0 aromatic heterocycles. The minimum absolute atomic E-state index is 0.111. The van der Waals surface area contributed by atoms with E-state index in [4.69, 9.17) is 0 Å². The molecule has 0 aliphatic carbocycles. The van der Waals surface area contributed by atoms with Crippen molar-refractivity contribution in [3.63, 3.8) is 0 Å². The van der Waals surface area contributed by atoms with Crippen LogP contribution in [0, 0.1) is 11.6 Å².